The van der Waals surface area contributed by atoms with Gasteiger partial charge in [0.1, 0.15) is 0 Å². The Morgan fingerprint density at radius 1 is 0.676 bits per heavy atom. The van der Waals surface area contributed by atoms with Gasteiger partial charge in [0, 0.05) is 42.6 Å². The second-order valence-electron chi connectivity index (χ2n) is 18.6. The molecule has 0 aromatic heterocycles. The third-order valence-electron chi connectivity index (χ3n) is 14.6. The van der Waals surface area contributed by atoms with E-state index in [9.17, 15) is 9.59 Å². The van der Waals surface area contributed by atoms with Crippen LogP contribution in [0.5, 0.6) is 0 Å². The summed E-state index contributed by atoms with van der Waals surface area (Å²) >= 11 is 14.7. The van der Waals surface area contributed by atoms with E-state index < -0.39 is 14.8 Å². The molecular formula is C61H63Cl2N3O3S2. The van der Waals surface area contributed by atoms with Gasteiger partial charge in [-0.05, 0) is 124 Å². The molecule has 7 aromatic carbocycles. The lowest BCUT2D eigenvalue weighted by molar-refractivity contribution is -0.150. The summed E-state index contributed by atoms with van der Waals surface area (Å²) in [7, 11) is -0.251. The lowest BCUT2D eigenvalue weighted by atomic mass is 9.76. The van der Waals surface area contributed by atoms with Crippen LogP contribution in [0.2, 0.25) is 10.0 Å². The van der Waals surface area contributed by atoms with E-state index >= 15 is 0 Å². The number of carbonyl (C=O) groups excluding carboxylic acids is 2. The zero-order valence-corrected chi connectivity index (χ0v) is 43.5. The van der Waals surface area contributed by atoms with E-state index in [4.69, 9.17) is 27.9 Å². The van der Waals surface area contributed by atoms with Crippen molar-refractivity contribution in [3.63, 3.8) is 0 Å². The van der Waals surface area contributed by atoms with Crippen LogP contribution in [0.15, 0.2) is 215 Å². The van der Waals surface area contributed by atoms with Gasteiger partial charge in [-0.25, -0.2) is 0 Å². The number of rotatable bonds is 21. The molecule has 4 atom stereocenters. The normalized spacial score (nSPS) is 18.3. The lowest BCUT2D eigenvalue weighted by Gasteiger charge is -2.44. The summed E-state index contributed by atoms with van der Waals surface area (Å²) in [5.41, 5.74) is 4.64. The number of piperidine rings is 1. The van der Waals surface area contributed by atoms with Gasteiger partial charge in [0.2, 0.25) is 5.91 Å². The number of hydrogen-bond acceptors (Lipinski definition) is 6. The first kappa shape index (κ1) is 50.6. The van der Waals surface area contributed by atoms with Crippen molar-refractivity contribution < 1.29 is 14.3 Å². The van der Waals surface area contributed by atoms with Gasteiger partial charge in [0.15, 0.2) is 0 Å². The number of carbonyl (C=O) groups is 2. The molecule has 6 nitrogen and oxygen atoms in total. The average molecular weight is 1020 g/mol. The van der Waals surface area contributed by atoms with Crippen LogP contribution < -0.4 is 5.32 Å². The Morgan fingerprint density at radius 3 is 1.68 bits per heavy atom. The van der Waals surface area contributed by atoms with Crippen LogP contribution in [0.3, 0.4) is 0 Å². The van der Waals surface area contributed by atoms with Crippen LogP contribution in [0.4, 0.5) is 0 Å². The van der Waals surface area contributed by atoms with E-state index in [0.29, 0.717) is 34.9 Å². The van der Waals surface area contributed by atoms with Gasteiger partial charge in [-0.2, -0.15) is 10.0 Å². The fraction of sp³-hybridized carbons (Fsp3) is 0.279. The smallest absolute Gasteiger partial charge is 0.310 e. The second-order valence-corrected chi connectivity index (χ2v) is 24.0. The number of methoxy groups -OCH3 is 1. The highest BCUT2D eigenvalue weighted by atomic mass is 35.5. The van der Waals surface area contributed by atoms with Crippen molar-refractivity contribution in [2.45, 2.75) is 63.1 Å². The highest BCUT2D eigenvalue weighted by Crippen LogP contribution is 2.68. The van der Waals surface area contributed by atoms with Gasteiger partial charge >= 0.3 is 5.97 Å². The minimum absolute atomic E-state index is 0.00683. The Hall–Kier alpha value is -5.32. The zero-order valence-electron chi connectivity index (χ0n) is 40.3. The summed E-state index contributed by atoms with van der Waals surface area (Å²) in [6.07, 6.45) is 3.65. The molecule has 2 heterocycles. The molecule has 2 unspecified atom stereocenters. The SMILES string of the molecule is COC(=O)[C@@H]1C2CCC(C[C@H]1c1ccc(Cl)c(Cl)c1)N2CCCN(CCS(c1ccccc1)(c1ccccc1)c1ccccc1)CC(=O)NCCSC(c1ccccc1)(c1ccccc1)c1ccccc1. The summed E-state index contributed by atoms with van der Waals surface area (Å²) < 4.78 is 5.03. The minimum Gasteiger partial charge on any atom is -0.469 e. The predicted octanol–water partition coefficient (Wildman–Crippen LogP) is 13.6. The molecule has 0 saturated carbocycles. The Morgan fingerprint density at radius 2 is 1.18 bits per heavy atom. The molecule has 71 heavy (non-hydrogen) atoms. The number of amides is 1. The number of benzene rings is 7. The highest BCUT2D eigenvalue weighted by Gasteiger charge is 2.51. The molecule has 2 saturated heterocycles. The van der Waals surface area contributed by atoms with Crippen molar-refractivity contribution >= 4 is 56.9 Å². The number of halogens is 2. The van der Waals surface area contributed by atoms with Gasteiger partial charge in [-0.15, -0.1) is 11.8 Å². The molecule has 2 bridgehead atoms. The molecule has 2 fully saturated rings. The zero-order chi connectivity index (χ0) is 49.0. The van der Waals surface area contributed by atoms with Crippen molar-refractivity contribution in [3.8, 4) is 0 Å². The molecular weight excluding hydrogens is 958 g/mol. The Kier molecular flexibility index (Phi) is 17.1. The maximum Gasteiger partial charge on any atom is 0.310 e. The number of esters is 1. The monoisotopic (exact) mass is 1020 g/mol. The van der Waals surface area contributed by atoms with E-state index in [-0.39, 0.29) is 36.3 Å². The summed E-state index contributed by atoms with van der Waals surface area (Å²) in [6.45, 7) is 3.05. The Bertz CT molecular complexity index is 2600. The first-order valence-electron chi connectivity index (χ1n) is 24.9. The molecule has 9 rings (SSSR count). The third kappa shape index (κ3) is 11.2. The number of ether oxygens (including phenoxy) is 1. The largest absolute Gasteiger partial charge is 0.469 e. The van der Waals surface area contributed by atoms with Crippen molar-refractivity contribution in [2.75, 3.05) is 51.3 Å². The molecule has 0 spiro atoms. The van der Waals surface area contributed by atoms with E-state index in [1.165, 1.54) is 38.5 Å². The summed E-state index contributed by atoms with van der Waals surface area (Å²) in [5.74, 6) is 1.06. The molecule has 7 aromatic rings. The molecule has 0 aliphatic carbocycles. The molecule has 1 amide bonds. The summed E-state index contributed by atoms with van der Waals surface area (Å²) in [6, 6.07) is 71.1. The number of nitrogens with one attached hydrogen (secondary N) is 1. The fourth-order valence-electron chi connectivity index (χ4n) is 11.4. The quantitative estimate of drug-likeness (QED) is 0.0440. The van der Waals surface area contributed by atoms with E-state index in [1.54, 1.807) is 0 Å². The third-order valence-corrected chi connectivity index (χ3v) is 20.9. The van der Waals surface area contributed by atoms with E-state index in [0.717, 1.165) is 50.1 Å². The number of fused-ring (bicyclic) bond motifs is 2. The first-order valence-corrected chi connectivity index (χ1v) is 28.4. The molecule has 1 N–H and O–H groups in total. The maximum absolute atomic E-state index is 14.4. The van der Waals surface area contributed by atoms with E-state index in [2.05, 4.69) is 197 Å². The molecule has 10 heteroatoms. The van der Waals surface area contributed by atoms with Crippen LogP contribution in [0.25, 0.3) is 0 Å². The minimum atomic E-state index is -1.75. The summed E-state index contributed by atoms with van der Waals surface area (Å²) in [4.78, 5) is 37.0. The fourth-order valence-corrected chi connectivity index (χ4v) is 17.0. The number of nitrogens with zero attached hydrogens (tertiary/aromatic N) is 2. The van der Waals surface area contributed by atoms with Crippen molar-refractivity contribution in [1.82, 2.24) is 15.1 Å². The number of thioether (sulfide) groups is 1. The number of hydrogen-bond donors (Lipinski definition) is 1. The Labute approximate surface area is 436 Å². The van der Waals surface area contributed by atoms with Crippen molar-refractivity contribution in [2.24, 2.45) is 5.92 Å². The van der Waals surface area contributed by atoms with Crippen LogP contribution >= 0.6 is 45.0 Å². The topological polar surface area (TPSA) is 61.9 Å². The van der Waals surface area contributed by atoms with Gasteiger partial charge in [-0.1, -0.05) is 175 Å². The first-order chi connectivity index (χ1) is 34.8. The maximum atomic E-state index is 14.4. The summed E-state index contributed by atoms with van der Waals surface area (Å²) in [5, 5.41) is 4.39. The standard InChI is InChI=1S/C61H63Cl2N3O3S2/c1-69-60(68)59-54(46-33-35-55(62)56(63)43-46)44-50-34-36-57(59)66(50)39-20-38-65(40-42-71(51-27-14-5-15-28-51,52-29-16-6-17-30-52)53-31-18-7-19-32-53)45-58(67)64-37-41-70-61(47-21-8-2-9-22-47,48-23-10-3-11-24-48)49-25-12-4-13-26-49/h2-19,21-33,35,43,50,54,57,59H,20,34,36-42,44-45H2,1H3,(H,64,67)/t50?,54-,57?,59-/m0/s1. The molecule has 2 aliphatic heterocycles. The predicted molar refractivity (Wildman–Crippen MR) is 295 cm³/mol. The van der Waals surface area contributed by atoms with Crippen LogP contribution in [0, 0.1) is 5.92 Å². The van der Waals surface area contributed by atoms with Gasteiger partial charge in [0.25, 0.3) is 0 Å². The Balaban J connectivity index is 0.960. The van der Waals surface area contributed by atoms with Crippen molar-refractivity contribution in [1.29, 1.82) is 0 Å². The van der Waals surface area contributed by atoms with Crippen LogP contribution in [-0.2, 0) is 19.1 Å². The highest BCUT2D eigenvalue weighted by molar-refractivity contribution is 8.33. The van der Waals surface area contributed by atoms with Crippen LogP contribution in [0.1, 0.15) is 53.9 Å². The van der Waals surface area contributed by atoms with Gasteiger partial charge in [0.05, 0.1) is 34.4 Å². The van der Waals surface area contributed by atoms with E-state index in [1.807, 2.05) is 30.0 Å². The molecule has 2 aliphatic rings. The molecule has 0 radical (unpaired) electrons. The van der Waals surface area contributed by atoms with Crippen LogP contribution in [-0.4, -0.2) is 85.1 Å². The second kappa shape index (κ2) is 23.9. The average Bonchev–Trinajstić information content (AvgIpc) is 3.70. The van der Waals surface area contributed by atoms with Gasteiger partial charge in [-0.3, -0.25) is 19.4 Å². The van der Waals surface area contributed by atoms with Gasteiger partial charge < -0.3 is 10.1 Å². The lowest BCUT2D eigenvalue weighted by Crippen LogP contribution is -2.51. The molecule has 366 valence electrons. The van der Waals surface area contributed by atoms with Crippen molar-refractivity contribution in [3.05, 3.63) is 232 Å².